The number of nitrogens with zero attached hydrogens (tertiary/aromatic N) is 2. The summed E-state index contributed by atoms with van der Waals surface area (Å²) in [6.07, 6.45) is 3.22. The van der Waals surface area contributed by atoms with Gasteiger partial charge in [-0.3, -0.25) is 4.79 Å². The molecule has 1 aliphatic heterocycles. The molecule has 1 saturated heterocycles. The second-order valence-corrected chi connectivity index (χ2v) is 6.66. The Labute approximate surface area is 106 Å². The molecule has 18 heavy (non-hydrogen) atoms. The summed E-state index contributed by atoms with van der Waals surface area (Å²) < 4.78 is 27.3. The Hall–Kier alpha value is -1.34. The molecule has 2 heterocycles. The van der Waals surface area contributed by atoms with Crippen molar-refractivity contribution in [3.05, 3.63) is 18.5 Å². The van der Waals surface area contributed by atoms with E-state index >= 15 is 0 Å². The molecule has 0 aromatic carbocycles. The molecule has 7 heteroatoms. The van der Waals surface area contributed by atoms with Gasteiger partial charge in [0.25, 0.3) is 0 Å². The SMILES string of the molecule is CC(C(=O)O)C1CN(S(=O)(=O)c2ccn(C)c2)C1. The van der Waals surface area contributed by atoms with Crippen molar-refractivity contribution >= 4 is 16.0 Å². The average molecular weight is 272 g/mol. The third-order valence-electron chi connectivity index (χ3n) is 3.42. The molecular formula is C11H16N2O4S. The zero-order chi connectivity index (χ0) is 13.5. The van der Waals surface area contributed by atoms with Crippen LogP contribution in [0, 0.1) is 11.8 Å². The van der Waals surface area contributed by atoms with E-state index in [4.69, 9.17) is 5.11 Å². The molecule has 1 aliphatic rings. The first-order valence-electron chi connectivity index (χ1n) is 5.67. The molecule has 100 valence electrons. The lowest BCUT2D eigenvalue weighted by atomic mass is 9.89. The smallest absolute Gasteiger partial charge is 0.306 e. The first-order chi connectivity index (χ1) is 8.32. The quantitative estimate of drug-likeness (QED) is 0.858. The van der Waals surface area contributed by atoms with E-state index in [1.165, 1.54) is 4.31 Å². The van der Waals surface area contributed by atoms with Gasteiger partial charge < -0.3 is 9.67 Å². The number of rotatable bonds is 4. The van der Waals surface area contributed by atoms with Gasteiger partial charge in [-0.05, 0) is 12.0 Å². The number of aryl methyl sites for hydroxylation is 1. The molecule has 1 unspecified atom stereocenters. The van der Waals surface area contributed by atoms with Gasteiger partial charge in [0, 0.05) is 32.5 Å². The molecule has 1 aromatic rings. The Morgan fingerprint density at radius 3 is 2.56 bits per heavy atom. The van der Waals surface area contributed by atoms with Gasteiger partial charge in [-0.25, -0.2) is 8.42 Å². The number of carboxylic acids is 1. The van der Waals surface area contributed by atoms with E-state index in [1.54, 1.807) is 37.0 Å². The van der Waals surface area contributed by atoms with Gasteiger partial charge in [0.05, 0.1) is 10.8 Å². The van der Waals surface area contributed by atoms with Crippen LogP contribution in [0.3, 0.4) is 0 Å². The minimum absolute atomic E-state index is 0.0963. The molecule has 0 spiro atoms. The van der Waals surface area contributed by atoms with Crippen LogP contribution in [-0.4, -0.2) is 41.5 Å². The highest BCUT2D eigenvalue weighted by Gasteiger charge is 2.41. The van der Waals surface area contributed by atoms with Gasteiger partial charge in [-0.1, -0.05) is 6.92 Å². The Bertz CT molecular complexity index is 557. The van der Waals surface area contributed by atoms with E-state index in [2.05, 4.69) is 0 Å². The summed E-state index contributed by atoms with van der Waals surface area (Å²) in [7, 11) is -1.70. The topological polar surface area (TPSA) is 79.6 Å². The largest absolute Gasteiger partial charge is 0.481 e. The fourth-order valence-corrected chi connectivity index (χ4v) is 3.57. The lowest BCUT2D eigenvalue weighted by molar-refractivity contribution is -0.144. The summed E-state index contributed by atoms with van der Waals surface area (Å²) in [5, 5.41) is 8.86. The van der Waals surface area contributed by atoms with Crippen molar-refractivity contribution in [3.63, 3.8) is 0 Å². The average Bonchev–Trinajstić information content (AvgIpc) is 2.62. The van der Waals surface area contributed by atoms with Gasteiger partial charge in [0.15, 0.2) is 0 Å². The second-order valence-electron chi connectivity index (χ2n) is 4.72. The molecule has 1 aromatic heterocycles. The highest BCUT2D eigenvalue weighted by atomic mass is 32.2. The van der Waals surface area contributed by atoms with Gasteiger partial charge >= 0.3 is 5.97 Å². The normalized spacial score (nSPS) is 19.4. The van der Waals surface area contributed by atoms with E-state index in [9.17, 15) is 13.2 Å². The van der Waals surface area contributed by atoms with Crippen molar-refractivity contribution in [2.75, 3.05) is 13.1 Å². The van der Waals surface area contributed by atoms with Crippen molar-refractivity contribution < 1.29 is 18.3 Å². The lowest BCUT2D eigenvalue weighted by Crippen LogP contribution is -2.53. The molecule has 6 nitrogen and oxygen atoms in total. The zero-order valence-corrected chi connectivity index (χ0v) is 11.1. The van der Waals surface area contributed by atoms with Crippen LogP contribution < -0.4 is 0 Å². The van der Waals surface area contributed by atoms with Gasteiger partial charge in [-0.15, -0.1) is 0 Å². The Balaban J connectivity index is 2.06. The van der Waals surface area contributed by atoms with Crippen LogP contribution in [0.2, 0.25) is 0 Å². The summed E-state index contributed by atoms with van der Waals surface area (Å²) in [4.78, 5) is 11.0. The van der Waals surface area contributed by atoms with Crippen LogP contribution in [0.1, 0.15) is 6.92 Å². The number of sulfonamides is 1. The highest BCUT2D eigenvalue weighted by molar-refractivity contribution is 7.89. The Morgan fingerprint density at radius 1 is 1.50 bits per heavy atom. The number of carboxylic acid groups (broad SMARTS) is 1. The number of hydrogen-bond acceptors (Lipinski definition) is 3. The zero-order valence-electron chi connectivity index (χ0n) is 10.3. The summed E-state index contributed by atoms with van der Waals surface area (Å²) >= 11 is 0. The summed E-state index contributed by atoms with van der Waals surface area (Å²) in [6.45, 7) is 2.18. The molecule has 1 fully saturated rings. The van der Waals surface area contributed by atoms with Crippen molar-refractivity contribution in [2.45, 2.75) is 11.8 Å². The monoisotopic (exact) mass is 272 g/mol. The fourth-order valence-electron chi connectivity index (χ4n) is 1.96. The summed E-state index contributed by atoms with van der Waals surface area (Å²) in [6, 6.07) is 1.54. The molecule has 0 aliphatic carbocycles. The highest BCUT2D eigenvalue weighted by Crippen LogP contribution is 2.29. The molecule has 2 rings (SSSR count). The predicted molar refractivity (Wildman–Crippen MR) is 64.5 cm³/mol. The lowest BCUT2D eigenvalue weighted by Gasteiger charge is -2.39. The summed E-state index contributed by atoms with van der Waals surface area (Å²) in [5.74, 6) is -1.48. The maximum atomic E-state index is 12.1. The van der Waals surface area contributed by atoms with Crippen LogP contribution in [0.25, 0.3) is 0 Å². The van der Waals surface area contributed by atoms with Crippen LogP contribution >= 0.6 is 0 Å². The fraction of sp³-hybridized carbons (Fsp3) is 0.545. The Kier molecular flexibility index (Phi) is 3.20. The van der Waals surface area contributed by atoms with E-state index in [1.807, 2.05) is 0 Å². The van der Waals surface area contributed by atoms with Crippen LogP contribution in [0.5, 0.6) is 0 Å². The Morgan fingerprint density at radius 2 is 2.11 bits per heavy atom. The number of carbonyl (C=O) groups is 1. The van der Waals surface area contributed by atoms with Crippen molar-refractivity contribution in [3.8, 4) is 0 Å². The maximum Gasteiger partial charge on any atom is 0.306 e. The third kappa shape index (κ3) is 2.15. The molecule has 0 amide bonds. The predicted octanol–water partition coefficient (Wildman–Crippen LogP) is 0.366. The molecule has 0 saturated carbocycles. The molecule has 1 atom stereocenters. The van der Waals surface area contributed by atoms with Gasteiger partial charge in [0.2, 0.25) is 10.0 Å². The molecule has 1 N–H and O–H groups in total. The molecule has 0 bridgehead atoms. The standard InChI is InChI=1S/C11H16N2O4S/c1-8(11(14)15)9-5-13(6-9)18(16,17)10-3-4-12(2)7-10/h3-4,7-9H,5-6H2,1-2H3,(H,14,15). The van der Waals surface area contributed by atoms with Crippen LogP contribution in [0.15, 0.2) is 23.4 Å². The van der Waals surface area contributed by atoms with E-state index < -0.39 is 21.9 Å². The number of aliphatic carboxylic acids is 1. The molecule has 0 radical (unpaired) electrons. The van der Waals surface area contributed by atoms with Gasteiger partial charge in [0.1, 0.15) is 0 Å². The molecular weight excluding hydrogens is 256 g/mol. The number of aromatic nitrogens is 1. The van der Waals surface area contributed by atoms with E-state index in [0.717, 1.165) is 0 Å². The van der Waals surface area contributed by atoms with Crippen molar-refractivity contribution in [1.29, 1.82) is 0 Å². The second kappa shape index (κ2) is 4.40. The third-order valence-corrected chi connectivity index (χ3v) is 5.23. The minimum Gasteiger partial charge on any atom is -0.481 e. The minimum atomic E-state index is -3.45. The van der Waals surface area contributed by atoms with Crippen molar-refractivity contribution in [2.24, 2.45) is 18.9 Å². The van der Waals surface area contributed by atoms with Gasteiger partial charge in [-0.2, -0.15) is 4.31 Å². The first-order valence-corrected chi connectivity index (χ1v) is 7.11. The van der Waals surface area contributed by atoms with E-state index in [-0.39, 0.29) is 23.9 Å². The number of hydrogen-bond donors (Lipinski definition) is 1. The summed E-state index contributed by atoms with van der Waals surface area (Å²) in [5.41, 5.74) is 0. The maximum absolute atomic E-state index is 12.1. The van der Waals surface area contributed by atoms with Crippen LogP contribution in [-0.2, 0) is 21.9 Å². The first kappa shape index (κ1) is 13.1. The van der Waals surface area contributed by atoms with E-state index in [0.29, 0.717) is 0 Å². The van der Waals surface area contributed by atoms with Crippen molar-refractivity contribution in [1.82, 2.24) is 8.87 Å². The van der Waals surface area contributed by atoms with Crippen LogP contribution in [0.4, 0.5) is 0 Å².